The lowest BCUT2D eigenvalue weighted by Gasteiger charge is -2.37. The molecule has 10 heteroatoms. The number of nitrogens with zero attached hydrogens (tertiary/aromatic N) is 4. The molecule has 1 aromatic rings. The summed E-state index contributed by atoms with van der Waals surface area (Å²) in [6.07, 6.45) is -0.372. The Labute approximate surface area is 169 Å². The molecule has 10 nitrogen and oxygen atoms in total. The molecule has 2 aliphatic rings. The van der Waals surface area contributed by atoms with Crippen LogP contribution in [0, 0.1) is 10.1 Å². The van der Waals surface area contributed by atoms with E-state index in [9.17, 15) is 19.7 Å². The summed E-state index contributed by atoms with van der Waals surface area (Å²) >= 11 is 0. The molecule has 0 radical (unpaired) electrons. The maximum absolute atomic E-state index is 12.9. The van der Waals surface area contributed by atoms with Crippen LogP contribution in [0.1, 0.15) is 26.3 Å². The van der Waals surface area contributed by atoms with Crippen molar-refractivity contribution in [2.45, 2.75) is 32.9 Å². The number of ether oxygens (including phenoxy) is 2. The Morgan fingerprint density at radius 3 is 2.34 bits per heavy atom. The van der Waals surface area contributed by atoms with Crippen molar-refractivity contribution in [3.05, 3.63) is 33.9 Å². The van der Waals surface area contributed by atoms with Gasteiger partial charge >= 0.3 is 12.1 Å². The van der Waals surface area contributed by atoms with Crippen molar-refractivity contribution >= 4 is 17.8 Å². The fourth-order valence-electron chi connectivity index (χ4n) is 3.24. The summed E-state index contributed by atoms with van der Waals surface area (Å²) in [4.78, 5) is 40.6. The van der Waals surface area contributed by atoms with Gasteiger partial charge in [-0.05, 0) is 26.8 Å². The Balaban J connectivity index is 1.60. The molecular formula is C19H26N4O6. The number of piperazine rings is 1. The summed E-state index contributed by atoms with van der Waals surface area (Å²) in [6.45, 7) is 8.08. The average Bonchev–Trinajstić information content (AvgIpc) is 2.88. The minimum absolute atomic E-state index is 0.0400. The van der Waals surface area contributed by atoms with Crippen molar-refractivity contribution in [1.29, 1.82) is 0 Å². The molecule has 0 saturated carbocycles. The van der Waals surface area contributed by atoms with Crippen molar-refractivity contribution in [3.8, 4) is 5.75 Å². The van der Waals surface area contributed by atoms with E-state index in [1.54, 1.807) is 20.8 Å². The van der Waals surface area contributed by atoms with Crippen molar-refractivity contribution < 1.29 is 24.0 Å². The largest absolute Gasteiger partial charge is 0.491 e. The molecule has 0 aromatic heterocycles. The zero-order valence-electron chi connectivity index (χ0n) is 16.9. The Kier molecular flexibility index (Phi) is 5.81. The van der Waals surface area contributed by atoms with Crippen LogP contribution in [-0.4, -0.2) is 76.7 Å². The first-order valence-electron chi connectivity index (χ1n) is 9.56. The molecule has 0 bridgehead atoms. The number of benzene rings is 1. The van der Waals surface area contributed by atoms with Crippen LogP contribution >= 0.6 is 0 Å². The minimum atomic E-state index is -0.557. The summed E-state index contributed by atoms with van der Waals surface area (Å²) < 4.78 is 11.0. The number of non-ortho nitro benzene ring substituents is 1. The number of fused-ring (bicyclic) bond motifs is 1. The molecule has 0 N–H and O–H groups in total. The maximum Gasteiger partial charge on any atom is 0.410 e. The summed E-state index contributed by atoms with van der Waals surface area (Å²) in [5, 5.41) is 10.9. The van der Waals surface area contributed by atoms with Gasteiger partial charge in [-0.2, -0.15) is 0 Å². The SMILES string of the molecule is CC(C)(C)OC(=O)N1CCN(C(=O)N2CCOc3cc([N+](=O)[O-])ccc3C2)CC1. The van der Waals surface area contributed by atoms with E-state index in [0.29, 0.717) is 45.0 Å². The number of urea groups is 1. The van der Waals surface area contributed by atoms with Gasteiger partial charge in [0.1, 0.15) is 18.0 Å². The number of carbonyl (C=O) groups is 2. The number of hydrogen-bond acceptors (Lipinski definition) is 6. The number of carbonyl (C=O) groups excluding carboxylic acids is 2. The average molecular weight is 406 g/mol. The minimum Gasteiger partial charge on any atom is -0.491 e. The molecule has 158 valence electrons. The van der Waals surface area contributed by atoms with Gasteiger partial charge in [0.15, 0.2) is 0 Å². The third kappa shape index (κ3) is 5.07. The van der Waals surface area contributed by atoms with Crippen LogP contribution in [0.4, 0.5) is 15.3 Å². The van der Waals surface area contributed by atoms with E-state index in [-0.39, 0.29) is 24.4 Å². The highest BCUT2D eigenvalue weighted by Gasteiger charge is 2.31. The van der Waals surface area contributed by atoms with Crippen LogP contribution in [0.15, 0.2) is 18.2 Å². The monoisotopic (exact) mass is 406 g/mol. The predicted octanol–water partition coefficient (Wildman–Crippen LogP) is 2.46. The topological polar surface area (TPSA) is 105 Å². The number of nitro benzene ring substituents is 1. The first-order chi connectivity index (χ1) is 13.6. The second kappa shape index (κ2) is 8.14. The fraction of sp³-hybridized carbons (Fsp3) is 0.579. The molecule has 0 unspecified atom stereocenters. The van der Waals surface area contributed by atoms with Gasteiger partial charge in [-0.3, -0.25) is 10.1 Å². The van der Waals surface area contributed by atoms with Gasteiger partial charge in [-0.1, -0.05) is 0 Å². The maximum atomic E-state index is 12.9. The smallest absolute Gasteiger partial charge is 0.410 e. The number of nitro groups is 1. The molecule has 3 amide bonds. The molecule has 2 heterocycles. The van der Waals surface area contributed by atoms with E-state index >= 15 is 0 Å². The lowest BCUT2D eigenvalue weighted by atomic mass is 10.1. The van der Waals surface area contributed by atoms with Gasteiger partial charge in [0.2, 0.25) is 0 Å². The zero-order chi connectivity index (χ0) is 21.2. The molecule has 0 atom stereocenters. The first-order valence-corrected chi connectivity index (χ1v) is 9.56. The number of hydrogen-bond donors (Lipinski definition) is 0. The molecule has 29 heavy (non-hydrogen) atoms. The Morgan fingerprint density at radius 1 is 1.07 bits per heavy atom. The number of rotatable bonds is 1. The van der Waals surface area contributed by atoms with Crippen molar-refractivity contribution in [2.24, 2.45) is 0 Å². The number of amides is 3. The molecular weight excluding hydrogens is 380 g/mol. The molecule has 2 aliphatic heterocycles. The van der Waals surface area contributed by atoms with E-state index in [2.05, 4.69) is 0 Å². The molecule has 0 spiro atoms. The van der Waals surface area contributed by atoms with Crippen molar-refractivity contribution in [3.63, 3.8) is 0 Å². The Morgan fingerprint density at radius 2 is 1.72 bits per heavy atom. The second-order valence-corrected chi connectivity index (χ2v) is 8.06. The van der Waals surface area contributed by atoms with Gasteiger partial charge in [-0.15, -0.1) is 0 Å². The van der Waals surface area contributed by atoms with Crippen LogP contribution in [-0.2, 0) is 11.3 Å². The van der Waals surface area contributed by atoms with Crippen molar-refractivity contribution in [2.75, 3.05) is 39.3 Å². The second-order valence-electron chi connectivity index (χ2n) is 8.06. The van der Waals surface area contributed by atoms with Gasteiger partial charge in [-0.25, -0.2) is 9.59 Å². The normalized spacial score (nSPS) is 17.1. The Bertz CT molecular complexity index is 798. The van der Waals surface area contributed by atoms with E-state index in [4.69, 9.17) is 9.47 Å². The van der Waals surface area contributed by atoms with Crippen LogP contribution < -0.4 is 4.74 Å². The third-order valence-electron chi connectivity index (χ3n) is 4.71. The molecule has 1 fully saturated rings. The fourth-order valence-corrected chi connectivity index (χ4v) is 3.24. The molecule has 0 aliphatic carbocycles. The van der Waals surface area contributed by atoms with Crippen LogP contribution in [0.25, 0.3) is 0 Å². The zero-order valence-corrected chi connectivity index (χ0v) is 16.9. The standard InChI is InChI=1S/C19H26N4O6/c1-19(2,3)29-18(25)21-8-6-20(7-9-21)17(24)22-10-11-28-16-12-15(23(26)27)5-4-14(16)13-22/h4-5,12H,6-11,13H2,1-3H3. The summed E-state index contributed by atoms with van der Waals surface area (Å²) in [7, 11) is 0. The summed E-state index contributed by atoms with van der Waals surface area (Å²) in [5.74, 6) is 0.434. The predicted molar refractivity (Wildman–Crippen MR) is 104 cm³/mol. The molecule has 1 aromatic carbocycles. The van der Waals surface area contributed by atoms with Gasteiger partial charge in [0.05, 0.1) is 24.1 Å². The van der Waals surface area contributed by atoms with Crippen LogP contribution in [0.5, 0.6) is 5.75 Å². The highest BCUT2D eigenvalue weighted by Crippen LogP contribution is 2.28. The lowest BCUT2D eigenvalue weighted by Crippen LogP contribution is -2.54. The quantitative estimate of drug-likeness (QED) is 0.524. The van der Waals surface area contributed by atoms with E-state index in [1.807, 2.05) is 20.8 Å². The molecule has 3 rings (SSSR count). The third-order valence-corrected chi connectivity index (χ3v) is 4.71. The van der Waals surface area contributed by atoms with Crippen molar-refractivity contribution in [1.82, 2.24) is 14.7 Å². The highest BCUT2D eigenvalue weighted by molar-refractivity contribution is 5.75. The summed E-state index contributed by atoms with van der Waals surface area (Å²) in [5.41, 5.74) is 0.133. The van der Waals surface area contributed by atoms with E-state index in [0.717, 1.165) is 5.56 Å². The molecule has 1 saturated heterocycles. The van der Waals surface area contributed by atoms with E-state index in [1.165, 1.54) is 12.1 Å². The van der Waals surface area contributed by atoms with Gasteiger partial charge < -0.3 is 24.2 Å². The van der Waals surface area contributed by atoms with Crippen LogP contribution in [0.3, 0.4) is 0 Å². The van der Waals surface area contributed by atoms with Crippen LogP contribution in [0.2, 0.25) is 0 Å². The van der Waals surface area contributed by atoms with Gasteiger partial charge in [0, 0.05) is 37.8 Å². The van der Waals surface area contributed by atoms with Gasteiger partial charge in [0.25, 0.3) is 5.69 Å². The highest BCUT2D eigenvalue weighted by atomic mass is 16.6. The summed E-state index contributed by atoms with van der Waals surface area (Å²) in [6, 6.07) is 4.29. The van der Waals surface area contributed by atoms with E-state index < -0.39 is 10.5 Å². The first kappa shape index (κ1) is 20.7. The Hall–Kier alpha value is -3.04. The lowest BCUT2D eigenvalue weighted by molar-refractivity contribution is -0.384.